The summed E-state index contributed by atoms with van der Waals surface area (Å²) in [6.07, 6.45) is 0. The van der Waals surface area contributed by atoms with Gasteiger partial charge in [-0.05, 0) is 5.56 Å². The molecule has 1 aromatic carbocycles. The third-order valence-corrected chi connectivity index (χ3v) is 2.78. The van der Waals surface area contributed by atoms with Gasteiger partial charge in [-0.3, -0.25) is 5.10 Å². The molecule has 5 heteroatoms. The minimum Gasteiger partial charge on any atom is -0.253 e. The summed E-state index contributed by atoms with van der Waals surface area (Å²) in [5, 5.41) is 7.96. The van der Waals surface area contributed by atoms with Gasteiger partial charge in [-0.25, -0.2) is 0 Å². The first kappa shape index (κ1) is 9.61. The van der Waals surface area contributed by atoms with Gasteiger partial charge in [0.25, 0.3) is 0 Å². The fourth-order valence-electron chi connectivity index (χ4n) is 1.03. The predicted octanol–water partition coefficient (Wildman–Crippen LogP) is 2.39. The number of aromatic nitrogens is 3. The molecule has 0 spiro atoms. The average molecular weight is 223 g/mol. The van der Waals surface area contributed by atoms with Crippen molar-refractivity contribution in [2.45, 2.75) is 16.1 Å². The molecule has 14 heavy (non-hydrogen) atoms. The molecule has 0 aliphatic heterocycles. The van der Waals surface area contributed by atoms with Crippen molar-refractivity contribution in [1.82, 2.24) is 15.2 Å². The Morgan fingerprint density at radius 3 is 2.71 bits per heavy atom. The van der Waals surface area contributed by atoms with Gasteiger partial charge in [0.05, 0.1) is 0 Å². The van der Waals surface area contributed by atoms with Gasteiger partial charge in [-0.2, -0.15) is 4.98 Å². The third kappa shape index (κ3) is 2.52. The Bertz CT molecular complexity index is 399. The summed E-state index contributed by atoms with van der Waals surface area (Å²) in [6.45, 7) is 0. The number of nitrogens with zero attached hydrogens (tertiary/aromatic N) is 2. The molecular weight excluding hydrogens is 214 g/mol. The van der Waals surface area contributed by atoms with Gasteiger partial charge in [0, 0.05) is 5.75 Å². The summed E-state index contributed by atoms with van der Waals surface area (Å²) in [5.74, 6) is 0.881. The van der Waals surface area contributed by atoms with Crippen molar-refractivity contribution in [2.24, 2.45) is 0 Å². The Labute approximate surface area is 91.7 Å². The largest absolute Gasteiger partial charge is 0.253 e. The molecule has 0 aliphatic rings. The van der Waals surface area contributed by atoms with Crippen LogP contribution in [0.2, 0.25) is 0 Å². The molecule has 72 valence electrons. The van der Waals surface area contributed by atoms with E-state index in [4.69, 9.17) is 0 Å². The number of benzene rings is 1. The smallest absolute Gasteiger partial charge is 0.209 e. The van der Waals surface area contributed by atoms with Crippen LogP contribution in [0.1, 0.15) is 5.56 Å². The highest BCUT2D eigenvalue weighted by molar-refractivity contribution is 7.98. The van der Waals surface area contributed by atoms with Gasteiger partial charge in [0.2, 0.25) is 5.16 Å². The molecule has 0 radical (unpaired) electrons. The topological polar surface area (TPSA) is 41.6 Å². The molecule has 0 fully saturated rings. The SMILES string of the molecule is Sc1nc(SCc2ccccc2)n[nH]1. The first-order chi connectivity index (χ1) is 6.84. The van der Waals surface area contributed by atoms with E-state index in [1.54, 1.807) is 11.8 Å². The van der Waals surface area contributed by atoms with Crippen molar-refractivity contribution < 1.29 is 0 Å². The Morgan fingerprint density at radius 1 is 1.29 bits per heavy atom. The minimum atomic E-state index is 0.556. The van der Waals surface area contributed by atoms with Gasteiger partial charge in [-0.15, -0.1) is 17.7 Å². The molecule has 1 N–H and O–H groups in total. The Hall–Kier alpha value is -0.940. The fraction of sp³-hybridized carbons (Fsp3) is 0.111. The maximum atomic E-state index is 4.09. The molecule has 2 aromatic rings. The molecule has 2 rings (SSSR count). The summed E-state index contributed by atoms with van der Waals surface area (Å²) in [5.41, 5.74) is 1.27. The molecule has 0 aliphatic carbocycles. The van der Waals surface area contributed by atoms with Crippen molar-refractivity contribution in [3.8, 4) is 0 Å². The van der Waals surface area contributed by atoms with E-state index in [0.29, 0.717) is 5.16 Å². The van der Waals surface area contributed by atoms with E-state index in [1.165, 1.54) is 5.56 Å². The lowest BCUT2D eigenvalue weighted by Crippen LogP contribution is -1.80. The van der Waals surface area contributed by atoms with Crippen LogP contribution < -0.4 is 0 Å². The van der Waals surface area contributed by atoms with Gasteiger partial charge in [0.1, 0.15) is 0 Å². The van der Waals surface area contributed by atoms with Crippen molar-refractivity contribution in [3.05, 3.63) is 35.9 Å². The van der Waals surface area contributed by atoms with Crippen LogP contribution in [0, 0.1) is 0 Å². The van der Waals surface area contributed by atoms with Crippen molar-refractivity contribution in [3.63, 3.8) is 0 Å². The van der Waals surface area contributed by atoms with Crippen LogP contribution >= 0.6 is 24.4 Å². The summed E-state index contributed by atoms with van der Waals surface area (Å²) in [7, 11) is 0. The first-order valence-corrected chi connectivity index (χ1v) is 5.56. The number of rotatable bonds is 3. The van der Waals surface area contributed by atoms with Crippen LogP contribution in [-0.4, -0.2) is 15.2 Å². The monoisotopic (exact) mass is 223 g/mol. The van der Waals surface area contributed by atoms with E-state index in [9.17, 15) is 0 Å². The maximum absolute atomic E-state index is 4.09. The summed E-state index contributed by atoms with van der Waals surface area (Å²) < 4.78 is 0. The van der Waals surface area contributed by atoms with Crippen LogP contribution in [0.3, 0.4) is 0 Å². The second-order valence-electron chi connectivity index (χ2n) is 2.72. The molecule has 0 unspecified atom stereocenters. The lowest BCUT2D eigenvalue weighted by Gasteiger charge is -1.96. The van der Waals surface area contributed by atoms with Gasteiger partial charge in [0.15, 0.2) is 5.16 Å². The number of H-pyrrole nitrogens is 1. The van der Waals surface area contributed by atoms with Crippen LogP contribution in [-0.2, 0) is 5.75 Å². The molecule has 3 nitrogen and oxygen atoms in total. The third-order valence-electron chi connectivity index (χ3n) is 1.66. The van der Waals surface area contributed by atoms with Crippen LogP contribution in [0.15, 0.2) is 40.6 Å². The standard InChI is InChI=1S/C9H9N3S2/c13-8-10-9(12-11-8)14-6-7-4-2-1-3-5-7/h1-5H,6H2,(H2,10,11,12,13). The van der Waals surface area contributed by atoms with Gasteiger partial charge in [-0.1, -0.05) is 42.1 Å². The number of nitrogens with one attached hydrogen (secondary N) is 1. The van der Waals surface area contributed by atoms with Crippen molar-refractivity contribution in [2.75, 3.05) is 0 Å². The van der Waals surface area contributed by atoms with E-state index in [-0.39, 0.29) is 0 Å². The summed E-state index contributed by atoms with van der Waals surface area (Å²) in [6, 6.07) is 10.2. The molecule has 0 saturated carbocycles. The Balaban J connectivity index is 1.95. The number of hydrogen-bond donors (Lipinski definition) is 2. The Morgan fingerprint density at radius 2 is 2.07 bits per heavy atom. The normalized spacial score (nSPS) is 10.4. The number of aromatic amines is 1. The molecule has 1 aromatic heterocycles. The molecule has 0 bridgehead atoms. The van der Waals surface area contributed by atoms with Crippen LogP contribution in [0.5, 0.6) is 0 Å². The molecule has 1 heterocycles. The van der Waals surface area contributed by atoms with E-state index in [2.05, 4.69) is 39.9 Å². The lowest BCUT2D eigenvalue weighted by molar-refractivity contribution is 0.957. The maximum Gasteiger partial charge on any atom is 0.209 e. The quantitative estimate of drug-likeness (QED) is 0.620. The van der Waals surface area contributed by atoms with Crippen molar-refractivity contribution in [1.29, 1.82) is 0 Å². The van der Waals surface area contributed by atoms with Gasteiger partial charge >= 0.3 is 0 Å². The predicted molar refractivity (Wildman–Crippen MR) is 59.6 cm³/mol. The summed E-state index contributed by atoms with van der Waals surface area (Å²) in [4.78, 5) is 4.09. The zero-order chi connectivity index (χ0) is 9.80. The fourth-order valence-corrected chi connectivity index (χ4v) is 1.99. The van der Waals surface area contributed by atoms with Crippen LogP contribution in [0.4, 0.5) is 0 Å². The number of thioether (sulfide) groups is 1. The summed E-state index contributed by atoms with van der Waals surface area (Å²) >= 11 is 5.63. The van der Waals surface area contributed by atoms with Crippen LogP contribution in [0.25, 0.3) is 0 Å². The van der Waals surface area contributed by atoms with E-state index >= 15 is 0 Å². The highest BCUT2D eigenvalue weighted by atomic mass is 32.2. The zero-order valence-corrected chi connectivity index (χ0v) is 9.05. The van der Waals surface area contributed by atoms with E-state index in [0.717, 1.165) is 10.9 Å². The van der Waals surface area contributed by atoms with Crippen molar-refractivity contribution >= 4 is 24.4 Å². The lowest BCUT2D eigenvalue weighted by atomic mass is 10.2. The van der Waals surface area contributed by atoms with E-state index in [1.807, 2.05) is 18.2 Å². The van der Waals surface area contributed by atoms with Gasteiger partial charge < -0.3 is 0 Å². The van der Waals surface area contributed by atoms with E-state index < -0.39 is 0 Å². The average Bonchev–Trinajstić information content (AvgIpc) is 2.63. The molecular formula is C9H9N3S2. The molecule has 0 atom stereocenters. The highest BCUT2D eigenvalue weighted by Crippen LogP contribution is 2.18. The molecule has 0 amide bonds. The highest BCUT2D eigenvalue weighted by Gasteiger charge is 2.00. The Kier molecular flexibility index (Phi) is 3.10. The molecule has 0 saturated heterocycles. The minimum absolute atomic E-state index is 0.556. The first-order valence-electron chi connectivity index (χ1n) is 4.13. The second-order valence-corrected chi connectivity index (χ2v) is 4.08. The number of thiol groups is 1. The zero-order valence-electron chi connectivity index (χ0n) is 7.34. The number of hydrogen-bond acceptors (Lipinski definition) is 4. The second kappa shape index (κ2) is 4.52.